The number of amides is 1. The molecule has 0 aromatic carbocycles. The van der Waals surface area contributed by atoms with Crippen LogP contribution in [0.2, 0.25) is 10.2 Å². The lowest BCUT2D eigenvalue weighted by atomic mass is 10.3. The van der Waals surface area contributed by atoms with Crippen molar-refractivity contribution in [2.45, 2.75) is 0 Å². The topological polar surface area (TPSA) is 87.7 Å². The molecular weight excluding hydrogens is 279 g/mol. The second-order valence-electron chi connectivity index (χ2n) is 3.21. The lowest BCUT2D eigenvalue weighted by Crippen LogP contribution is -2.18. The van der Waals surface area contributed by atoms with E-state index in [1.54, 1.807) is 0 Å². The Hall–Kier alpha value is -1.92. The largest absolute Gasteiger partial charge is 0.318 e. The number of carbonyl (C=O) groups is 1. The highest BCUT2D eigenvalue weighted by molar-refractivity contribution is 6.43. The summed E-state index contributed by atoms with van der Waals surface area (Å²) in [6, 6.07) is 4.21. The van der Waals surface area contributed by atoms with Gasteiger partial charge in [-0.05, 0) is 6.07 Å². The van der Waals surface area contributed by atoms with Crippen LogP contribution in [0.5, 0.6) is 0 Å². The van der Waals surface area contributed by atoms with Gasteiger partial charge < -0.3 is 10.3 Å². The van der Waals surface area contributed by atoms with Crippen LogP contribution in [-0.2, 0) is 0 Å². The van der Waals surface area contributed by atoms with Crippen molar-refractivity contribution < 1.29 is 4.79 Å². The number of rotatable bonds is 2. The van der Waals surface area contributed by atoms with Gasteiger partial charge in [-0.15, -0.1) is 0 Å². The molecule has 0 atom stereocenters. The van der Waals surface area contributed by atoms with Crippen molar-refractivity contribution in [3.8, 4) is 0 Å². The summed E-state index contributed by atoms with van der Waals surface area (Å²) >= 11 is 11.5. The molecular formula is C10H6Cl2N4O2. The Morgan fingerprint density at radius 1 is 1.28 bits per heavy atom. The first-order valence-corrected chi connectivity index (χ1v) is 5.50. The van der Waals surface area contributed by atoms with Crippen molar-refractivity contribution in [2.75, 3.05) is 5.32 Å². The molecule has 0 aliphatic carbocycles. The monoisotopic (exact) mass is 284 g/mol. The number of aromatic amines is 1. The van der Waals surface area contributed by atoms with Crippen LogP contribution in [0.3, 0.4) is 0 Å². The van der Waals surface area contributed by atoms with Crippen molar-refractivity contribution >= 4 is 34.9 Å². The molecule has 92 valence electrons. The minimum Gasteiger partial charge on any atom is -0.318 e. The van der Waals surface area contributed by atoms with E-state index in [4.69, 9.17) is 23.2 Å². The van der Waals surface area contributed by atoms with E-state index >= 15 is 0 Å². The SMILES string of the molecule is O=C(Nc1ncnc(Cl)c1Cl)c1cccc(=O)[nH]1. The molecule has 2 aromatic heterocycles. The molecule has 0 spiro atoms. The van der Waals surface area contributed by atoms with Gasteiger partial charge in [0.2, 0.25) is 5.56 Å². The van der Waals surface area contributed by atoms with Gasteiger partial charge in [-0.2, -0.15) is 0 Å². The zero-order valence-corrected chi connectivity index (χ0v) is 10.3. The van der Waals surface area contributed by atoms with E-state index in [1.165, 1.54) is 18.2 Å². The van der Waals surface area contributed by atoms with E-state index < -0.39 is 5.91 Å². The normalized spacial score (nSPS) is 10.1. The summed E-state index contributed by atoms with van der Waals surface area (Å²) in [5, 5.41) is 2.48. The van der Waals surface area contributed by atoms with Crippen molar-refractivity contribution in [2.24, 2.45) is 0 Å². The van der Waals surface area contributed by atoms with Gasteiger partial charge in [0, 0.05) is 6.07 Å². The fourth-order valence-electron chi connectivity index (χ4n) is 1.19. The maximum Gasteiger partial charge on any atom is 0.273 e. The number of pyridine rings is 1. The third-order valence-electron chi connectivity index (χ3n) is 1.99. The second-order valence-corrected chi connectivity index (χ2v) is 3.95. The number of nitrogens with one attached hydrogen (secondary N) is 2. The predicted molar refractivity (Wildman–Crippen MR) is 67.1 cm³/mol. The van der Waals surface area contributed by atoms with Crippen molar-refractivity contribution in [3.63, 3.8) is 0 Å². The summed E-state index contributed by atoms with van der Waals surface area (Å²) in [5.74, 6) is -0.476. The third kappa shape index (κ3) is 2.66. The molecule has 0 saturated heterocycles. The Morgan fingerprint density at radius 2 is 2.06 bits per heavy atom. The van der Waals surface area contributed by atoms with Gasteiger partial charge >= 0.3 is 0 Å². The van der Waals surface area contributed by atoms with E-state index in [9.17, 15) is 9.59 Å². The maximum atomic E-state index is 11.8. The number of aromatic nitrogens is 3. The average Bonchev–Trinajstić information content (AvgIpc) is 2.35. The number of halogens is 2. The molecule has 0 aliphatic heterocycles. The summed E-state index contributed by atoms with van der Waals surface area (Å²) in [6.07, 6.45) is 1.16. The molecule has 0 bridgehead atoms. The van der Waals surface area contributed by atoms with E-state index in [1.807, 2.05) is 0 Å². The quantitative estimate of drug-likeness (QED) is 0.822. The van der Waals surface area contributed by atoms with Gasteiger partial charge in [0.05, 0.1) is 0 Å². The number of nitrogens with zero attached hydrogens (tertiary/aromatic N) is 2. The molecule has 6 nitrogen and oxygen atoms in total. The Balaban J connectivity index is 2.27. The van der Waals surface area contributed by atoms with Gasteiger partial charge in [-0.25, -0.2) is 9.97 Å². The predicted octanol–water partition coefficient (Wildman–Crippen LogP) is 1.72. The molecule has 8 heteroatoms. The zero-order chi connectivity index (χ0) is 13.1. The Bertz CT molecular complexity index is 656. The van der Waals surface area contributed by atoms with E-state index in [0.717, 1.165) is 6.33 Å². The fourth-order valence-corrected chi connectivity index (χ4v) is 1.47. The Morgan fingerprint density at radius 3 is 2.78 bits per heavy atom. The van der Waals surface area contributed by atoms with Crippen LogP contribution in [0.4, 0.5) is 5.82 Å². The summed E-state index contributed by atoms with van der Waals surface area (Å²) in [5.41, 5.74) is -0.289. The number of anilines is 1. The van der Waals surface area contributed by atoms with Crippen LogP contribution in [0, 0.1) is 0 Å². The first-order valence-electron chi connectivity index (χ1n) is 4.74. The van der Waals surface area contributed by atoms with E-state index in [0.29, 0.717) is 0 Å². The molecule has 1 amide bonds. The maximum absolute atomic E-state index is 11.8. The minimum absolute atomic E-state index is 0.0310. The molecule has 2 N–H and O–H groups in total. The van der Waals surface area contributed by atoms with E-state index in [2.05, 4.69) is 20.3 Å². The molecule has 18 heavy (non-hydrogen) atoms. The number of H-pyrrole nitrogens is 1. The Labute approximate surface area is 111 Å². The molecule has 2 aromatic rings. The number of hydrogen-bond acceptors (Lipinski definition) is 4. The zero-order valence-electron chi connectivity index (χ0n) is 8.78. The summed E-state index contributed by atoms with van der Waals surface area (Å²) in [4.78, 5) is 32.6. The van der Waals surface area contributed by atoms with Gasteiger partial charge in [0.25, 0.3) is 5.91 Å². The molecule has 2 rings (SSSR count). The number of carbonyl (C=O) groups excluding carboxylic acids is 1. The third-order valence-corrected chi connectivity index (χ3v) is 2.73. The lowest BCUT2D eigenvalue weighted by Gasteiger charge is -2.05. The lowest BCUT2D eigenvalue weighted by molar-refractivity contribution is 0.102. The molecule has 0 saturated carbocycles. The molecule has 2 heterocycles. The molecule has 0 unspecified atom stereocenters. The summed E-state index contributed by atoms with van der Waals surface area (Å²) < 4.78 is 0. The van der Waals surface area contributed by atoms with Gasteiger partial charge in [-0.1, -0.05) is 29.3 Å². The number of hydrogen-bond donors (Lipinski definition) is 2. The second kappa shape index (κ2) is 5.16. The first-order chi connectivity index (χ1) is 8.58. The van der Waals surface area contributed by atoms with Crippen LogP contribution >= 0.6 is 23.2 Å². The van der Waals surface area contributed by atoms with Crippen molar-refractivity contribution in [1.82, 2.24) is 15.0 Å². The highest BCUT2D eigenvalue weighted by Gasteiger charge is 2.12. The molecule has 0 fully saturated rings. The summed E-state index contributed by atoms with van der Waals surface area (Å²) in [6.45, 7) is 0. The van der Waals surface area contributed by atoms with Crippen LogP contribution in [-0.4, -0.2) is 20.9 Å². The van der Waals surface area contributed by atoms with E-state index in [-0.39, 0.29) is 27.2 Å². The van der Waals surface area contributed by atoms with Crippen LogP contribution < -0.4 is 10.9 Å². The van der Waals surface area contributed by atoms with Crippen molar-refractivity contribution in [3.05, 3.63) is 50.7 Å². The van der Waals surface area contributed by atoms with Crippen molar-refractivity contribution in [1.29, 1.82) is 0 Å². The highest BCUT2D eigenvalue weighted by atomic mass is 35.5. The molecule has 0 aliphatic rings. The van der Waals surface area contributed by atoms with Gasteiger partial charge in [0.15, 0.2) is 11.0 Å². The first kappa shape index (κ1) is 12.5. The smallest absolute Gasteiger partial charge is 0.273 e. The Kier molecular flexibility index (Phi) is 3.59. The van der Waals surface area contributed by atoms with Gasteiger partial charge in [-0.3, -0.25) is 9.59 Å². The minimum atomic E-state index is -0.552. The standard InChI is InChI=1S/C10H6Cl2N4O2/c11-7-8(12)13-4-14-9(7)16-10(18)5-2-1-3-6(17)15-5/h1-4H,(H,15,17)(H,13,14,16,18). The van der Waals surface area contributed by atoms with Crippen LogP contribution in [0.25, 0.3) is 0 Å². The molecule has 0 radical (unpaired) electrons. The van der Waals surface area contributed by atoms with Crippen LogP contribution in [0.15, 0.2) is 29.3 Å². The van der Waals surface area contributed by atoms with Gasteiger partial charge in [0.1, 0.15) is 17.0 Å². The average molecular weight is 285 g/mol. The highest BCUT2D eigenvalue weighted by Crippen LogP contribution is 2.25. The summed E-state index contributed by atoms with van der Waals surface area (Å²) in [7, 11) is 0. The fraction of sp³-hybridized carbons (Fsp3) is 0. The van der Waals surface area contributed by atoms with Crippen LogP contribution in [0.1, 0.15) is 10.5 Å².